The predicted molar refractivity (Wildman–Crippen MR) is 149 cm³/mol. The number of unbranched alkanes of at least 4 members (excludes halogenated alkanes) is 18. The quantitative estimate of drug-likeness (QED) is 0.0701. The van der Waals surface area contributed by atoms with Gasteiger partial charge < -0.3 is 9.84 Å². The number of aliphatic carboxylic acids is 1. The predicted octanol–water partition coefficient (Wildman–Crippen LogP) is 9.94. The molecule has 0 spiro atoms. The number of hydrogen-bond donors (Lipinski definition) is 1. The van der Waals surface area contributed by atoms with Crippen LogP contribution >= 0.6 is 0 Å². The second kappa shape index (κ2) is 27.3. The normalized spacial score (nSPS) is 12.3. The number of hydrogen-bond acceptors (Lipinski definition) is 3. The van der Waals surface area contributed by atoms with Crippen molar-refractivity contribution in [3.05, 3.63) is 12.2 Å². The summed E-state index contributed by atoms with van der Waals surface area (Å²) in [6, 6.07) is 0. The molecule has 0 aromatic carbocycles. The molecule has 0 saturated heterocycles. The number of carbonyl (C=O) groups is 2. The van der Waals surface area contributed by atoms with Crippen molar-refractivity contribution in [1.29, 1.82) is 0 Å². The topological polar surface area (TPSA) is 63.6 Å². The Bertz CT molecular complexity index is 500. The lowest BCUT2D eigenvalue weighted by Crippen LogP contribution is -2.21. The van der Waals surface area contributed by atoms with E-state index >= 15 is 0 Å². The van der Waals surface area contributed by atoms with Gasteiger partial charge in [-0.05, 0) is 44.9 Å². The first-order valence-corrected chi connectivity index (χ1v) is 15.2. The summed E-state index contributed by atoms with van der Waals surface area (Å²) in [6.45, 7) is 4.48. The Morgan fingerprint density at radius 3 is 1.60 bits per heavy atom. The summed E-state index contributed by atoms with van der Waals surface area (Å²) in [6.07, 6.45) is 30.7. The van der Waals surface area contributed by atoms with Gasteiger partial charge in [0.05, 0.1) is 6.42 Å². The van der Waals surface area contributed by atoms with Crippen molar-refractivity contribution < 1.29 is 19.4 Å². The maximum Gasteiger partial charge on any atom is 0.307 e. The van der Waals surface area contributed by atoms with E-state index in [1.54, 1.807) is 0 Å². The minimum absolute atomic E-state index is 0.0739. The van der Waals surface area contributed by atoms with Crippen LogP contribution in [0.2, 0.25) is 0 Å². The molecule has 0 fully saturated rings. The molecule has 206 valence electrons. The van der Waals surface area contributed by atoms with Crippen LogP contribution in [0.5, 0.6) is 0 Å². The lowest BCUT2D eigenvalue weighted by Gasteiger charge is -2.16. The van der Waals surface area contributed by atoms with E-state index in [2.05, 4.69) is 26.0 Å². The Labute approximate surface area is 217 Å². The second-order valence-electron chi connectivity index (χ2n) is 10.3. The highest BCUT2D eigenvalue weighted by atomic mass is 16.5. The smallest absolute Gasteiger partial charge is 0.307 e. The number of carboxylic acids is 1. The van der Waals surface area contributed by atoms with Crippen molar-refractivity contribution in [3.63, 3.8) is 0 Å². The van der Waals surface area contributed by atoms with Crippen molar-refractivity contribution >= 4 is 11.9 Å². The zero-order valence-corrected chi connectivity index (χ0v) is 23.4. The van der Waals surface area contributed by atoms with Gasteiger partial charge in [-0.1, -0.05) is 122 Å². The van der Waals surface area contributed by atoms with E-state index in [1.807, 2.05) is 0 Å². The van der Waals surface area contributed by atoms with E-state index in [-0.39, 0.29) is 12.4 Å². The van der Waals surface area contributed by atoms with Gasteiger partial charge in [0.2, 0.25) is 0 Å². The summed E-state index contributed by atoms with van der Waals surface area (Å²) in [7, 11) is 0. The molecule has 0 heterocycles. The third-order valence-corrected chi connectivity index (χ3v) is 6.72. The van der Waals surface area contributed by atoms with E-state index in [0.717, 1.165) is 38.5 Å². The summed E-state index contributed by atoms with van der Waals surface area (Å²) in [5.41, 5.74) is 0. The van der Waals surface area contributed by atoms with Crippen LogP contribution in [0.15, 0.2) is 12.2 Å². The number of esters is 1. The fourth-order valence-electron chi connectivity index (χ4n) is 4.49. The highest BCUT2D eigenvalue weighted by Gasteiger charge is 2.17. The molecule has 35 heavy (non-hydrogen) atoms. The van der Waals surface area contributed by atoms with Crippen molar-refractivity contribution in [3.8, 4) is 0 Å². The molecule has 0 rings (SSSR count). The number of allylic oxidation sites excluding steroid dienone is 2. The van der Waals surface area contributed by atoms with Crippen LogP contribution in [-0.4, -0.2) is 23.1 Å². The molecule has 0 bridgehead atoms. The summed E-state index contributed by atoms with van der Waals surface area (Å²) >= 11 is 0. The largest absolute Gasteiger partial charge is 0.481 e. The van der Waals surface area contributed by atoms with Gasteiger partial charge in [-0.25, -0.2) is 0 Å². The molecule has 0 aliphatic carbocycles. The van der Waals surface area contributed by atoms with Crippen LogP contribution in [-0.2, 0) is 14.3 Å². The summed E-state index contributed by atoms with van der Waals surface area (Å²) in [5, 5.41) is 9.17. The third kappa shape index (κ3) is 27.1. The van der Waals surface area contributed by atoms with E-state index in [1.165, 1.54) is 96.3 Å². The molecule has 0 aliphatic rings. The van der Waals surface area contributed by atoms with Crippen LogP contribution in [0.4, 0.5) is 0 Å². The lowest BCUT2D eigenvalue weighted by atomic mass is 10.0. The highest BCUT2D eigenvalue weighted by molar-refractivity contribution is 5.71. The number of rotatable bonds is 27. The Morgan fingerprint density at radius 2 is 1.06 bits per heavy atom. The fraction of sp³-hybridized carbons (Fsp3) is 0.871. The standard InChI is InChI=1S/C31H58O4/c1-3-5-7-9-11-13-15-17-19-21-23-25-27-31(34)35-29(28-30(32)33)26-24-22-20-18-16-14-12-10-8-6-4-2/h11,13,29H,3-10,12,14-28H2,1-2H3,(H,32,33)/b13-11-. The number of carbonyl (C=O) groups excluding carboxylic acids is 1. The second-order valence-corrected chi connectivity index (χ2v) is 10.3. The highest BCUT2D eigenvalue weighted by Crippen LogP contribution is 2.16. The minimum Gasteiger partial charge on any atom is -0.481 e. The van der Waals surface area contributed by atoms with Crippen LogP contribution in [0.3, 0.4) is 0 Å². The Morgan fingerprint density at radius 1 is 0.629 bits per heavy atom. The summed E-state index contributed by atoms with van der Waals surface area (Å²) in [5.74, 6) is -1.11. The first-order chi connectivity index (χ1) is 17.1. The molecule has 1 unspecified atom stereocenters. The van der Waals surface area contributed by atoms with Gasteiger partial charge >= 0.3 is 11.9 Å². The molecule has 1 N–H and O–H groups in total. The molecule has 0 aliphatic heterocycles. The molecule has 0 aromatic heterocycles. The van der Waals surface area contributed by atoms with Crippen LogP contribution in [0.25, 0.3) is 0 Å². The van der Waals surface area contributed by atoms with Gasteiger partial charge in [0.15, 0.2) is 0 Å². The zero-order valence-electron chi connectivity index (χ0n) is 23.4. The molecule has 0 saturated carbocycles. The zero-order chi connectivity index (χ0) is 25.8. The molecule has 4 nitrogen and oxygen atoms in total. The van der Waals surface area contributed by atoms with E-state index in [9.17, 15) is 9.59 Å². The molecule has 1 atom stereocenters. The maximum atomic E-state index is 12.2. The molecular weight excluding hydrogens is 436 g/mol. The van der Waals surface area contributed by atoms with Crippen LogP contribution in [0.1, 0.15) is 168 Å². The first kappa shape index (κ1) is 33.7. The molecule has 0 aromatic rings. The Kier molecular flexibility index (Phi) is 26.2. The van der Waals surface area contributed by atoms with Crippen molar-refractivity contribution in [1.82, 2.24) is 0 Å². The van der Waals surface area contributed by atoms with E-state index < -0.39 is 12.1 Å². The minimum atomic E-state index is -0.884. The van der Waals surface area contributed by atoms with Crippen molar-refractivity contribution in [2.24, 2.45) is 0 Å². The van der Waals surface area contributed by atoms with Crippen LogP contribution in [0, 0.1) is 0 Å². The van der Waals surface area contributed by atoms with Gasteiger partial charge in [-0.3, -0.25) is 9.59 Å². The average molecular weight is 495 g/mol. The molecule has 0 radical (unpaired) electrons. The van der Waals surface area contributed by atoms with Crippen molar-refractivity contribution in [2.45, 2.75) is 174 Å². The lowest BCUT2D eigenvalue weighted by molar-refractivity contribution is -0.153. The van der Waals surface area contributed by atoms with E-state index in [0.29, 0.717) is 12.8 Å². The fourth-order valence-corrected chi connectivity index (χ4v) is 4.49. The Hall–Kier alpha value is -1.32. The van der Waals surface area contributed by atoms with Gasteiger partial charge in [-0.2, -0.15) is 0 Å². The van der Waals surface area contributed by atoms with Crippen LogP contribution < -0.4 is 0 Å². The summed E-state index contributed by atoms with van der Waals surface area (Å²) in [4.78, 5) is 23.4. The average Bonchev–Trinajstić information content (AvgIpc) is 2.82. The van der Waals surface area contributed by atoms with Crippen molar-refractivity contribution in [2.75, 3.05) is 0 Å². The molecule has 0 amide bonds. The molecule has 4 heteroatoms. The SMILES string of the molecule is CCCCC/C=C\CCCCCCCC(=O)OC(CCCCCCCCCCCCC)CC(=O)O. The maximum absolute atomic E-state index is 12.2. The number of carboxylic acid groups (broad SMARTS) is 1. The van der Waals surface area contributed by atoms with Gasteiger partial charge in [0.1, 0.15) is 6.10 Å². The van der Waals surface area contributed by atoms with Gasteiger partial charge in [0, 0.05) is 6.42 Å². The van der Waals surface area contributed by atoms with Gasteiger partial charge in [-0.15, -0.1) is 0 Å². The van der Waals surface area contributed by atoms with E-state index in [4.69, 9.17) is 9.84 Å². The Balaban J connectivity index is 3.73. The van der Waals surface area contributed by atoms with Gasteiger partial charge in [0.25, 0.3) is 0 Å². The third-order valence-electron chi connectivity index (χ3n) is 6.72. The molecular formula is C31H58O4. The first-order valence-electron chi connectivity index (χ1n) is 15.2. The monoisotopic (exact) mass is 494 g/mol. The summed E-state index contributed by atoms with van der Waals surface area (Å²) < 4.78 is 5.52. The number of ether oxygens (including phenoxy) is 1.